The molecule has 0 bridgehead atoms. The Balaban J connectivity index is 1.25. The van der Waals surface area contributed by atoms with Crippen LogP contribution in [0.25, 0.3) is 22.8 Å². The molecule has 2 aromatic carbocycles. The van der Waals surface area contributed by atoms with E-state index in [0.29, 0.717) is 40.0 Å². The first kappa shape index (κ1) is 25.7. The van der Waals surface area contributed by atoms with Crippen LogP contribution in [0.5, 0.6) is 0 Å². The topological polar surface area (TPSA) is 139 Å². The quantitative estimate of drug-likeness (QED) is 0.103. The molecule has 0 saturated heterocycles. The van der Waals surface area contributed by atoms with Gasteiger partial charge in [-0.25, -0.2) is 19.3 Å². The van der Waals surface area contributed by atoms with Crippen LogP contribution in [0.15, 0.2) is 73.7 Å². The van der Waals surface area contributed by atoms with Crippen LogP contribution in [0, 0.1) is 6.92 Å². The molecule has 0 aliphatic carbocycles. The molecule has 3 aromatic heterocycles. The average molecular weight is 660 g/mol. The zero-order chi connectivity index (χ0) is 25.9. The van der Waals surface area contributed by atoms with Crippen LogP contribution in [0.1, 0.15) is 17.3 Å². The van der Waals surface area contributed by atoms with E-state index >= 15 is 0 Å². The SMILES string of the molecule is Cc1cc(SCc2nnc(-c3ccc(Br)cc3)n2N)nc(SCc2nnc(-c3ccc(Br)cc3)n2N)n1. The smallest absolute Gasteiger partial charge is 0.189 e. The number of halogens is 2. The first-order valence-electron chi connectivity index (χ1n) is 10.9. The Morgan fingerprint density at radius 3 is 1.70 bits per heavy atom. The zero-order valence-corrected chi connectivity index (χ0v) is 24.2. The average Bonchev–Trinajstić information content (AvgIpc) is 3.44. The second kappa shape index (κ2) is 11.2. The third-order valence-corrected chi connectivity index (χ3v) is 8.04. The fourth-order valence-corrected chi connectivity index (χ4v) is 5.65. The van der Waals surface area contributed by atoms with Crippen molar-refractivity contribution in [2.75, 3.05) is 11.7 Å². The number of hydrogen-bond donors (Lipinski definition) is 2. The van der Waals surface area contributed by atoms with Crippen molar-refractivity contribution < 1.29 is 0 Å². The molecular formula is C23H20Br2N10S2. The van der Waals surface area contributed by atoms with Gasteiger partial charge in [0.2, 0.25) is 0 Å². The predicted octanol–water partition coefficient (Wildman–Crippen LogP) is 4.84. The van der Waals surface area contributed by atoms with Gasteiger partial charge in [0.15, 0.2) is 28.5 Å². The summed E-state index contributed by atoms with van der Waals surface area (Å²) in [7, 11) is 0. The van der Waals surface area contributed by atoms with Crippen molar-refractivity contribution >= 4 is 55.4 Å². The molecule has 0 spiro atoms. The maximum atomic E-state index is 6.28. The number of benzene rings is 2. The number of aromatic nitrogens is 8. The van der Waals surface area contributed by atoms with Crippen LogP contribution in [0.4, 0.5) is 0 Å². The molecule has 0 atom stereocenters. The summed E-state index contributed by atoms with van der Waals surface area (Å²) in [5.41, 5.74) is 2.63. The van der Waals surface area contributed by atoms with Crippen molar-refractivity contribution in [2.45, 2.75) is 28.6 Å². The highest BCUT2D eigenvalue weighted by Crippen LogP contribution is 2.27. The summed E-state index contributed by atoms with van der Waals surface area (Å²) >= 11 is 9.84. The number of rotatable bonds is 8. The van der Waals surface area contributed by atoms with E-state index in [1.54, 1.807) is 0 Å². The fraction of sp³-hybridized carbons (Fsp3) is 0.130. The summed E-state index contributed by atoms with van der Waals surface area (Å²) in [6, 6.07) is 17.4. The second-order valence-electron chi connectivity index (χ2n) is 7.84. The van der Waals surface area contributed by atoms with Crippen LogP contribution in [-0.4, -0.2) is 39.7 Å². The van der Waals surface area contributed by atoms with Gasteiger partial charge in [-0.2, -0.15) is 0 Å². The van der Waals surface area contributed by atoms with Gasteiger partial charge in [0.05, 0.1) is 11.5 Å². The molecule has 5 rings (SSSR count). The molecule has 0 fully saturated rings. The van der Waals surface area contributed by atoms with Gasteiger partial charge in [-0.15, -0.1) is 20.4 Å². The number of nitrogens with zero attached hydrogens (tertiary/aromatic N) is 8. The van der Waals surface area contributed by atoms with Gasteiger partial charge in [0, 0.05) is 25.8 Å². The van der Waals surface area contributed by atoms with Gasteiger partial charge in [-0.3, -0.25) is 0 Å². The molecule has 0 aliphatic heterocycles. The van der Waals surface area contributed by atoms with E-state index in [-0.39, 0.29) is 0 Å². The van der Waals surface area contributed by atoms with E-state index in [2.05, 4.69) is 62.2 Å². The van der Waals surface area contributed by atoms with Crippen LogP contribution in [0.2, 0.25) is 0 Å². The van der Waals surface area contributed by atoms with Crippen molar-refractivity contribution in [3.05, 3.63) is 80.9 Å². The largest absolute Gasteiger partial charge is 0.336 e. The lowest BCUT2D eigenvalue weighted by molar-refractivity contribution is 0.855. The molecule has 14 heteroatoms. The molecule has 0 aliphatic rings. The lowest BCUT2D eigenvalue weighted by atomic mass is 10.2. The number of aryl methyl sites for hydroxylation is 1. The predicted molar refractivity (Wildman–Crippen MR) is 153 cm³/mol. The van der Waals surface area contributed by atoms with E-state index in [4.69, 9.17) is 11.7 Å². The molecule has 188 valence electrons. The third-order valence-electron chi connectivity index (χ3n) is 5.23. The molecule has 0 amide bonds. The van der Waals surface area contributed by atoms with Crippen LogP contribution < -0.4 is 11.7 Å². The van der Waals surface area contributed by atoms with Crippen molar-refractivity contribution in [1.29, 1.82) is 0 Å². The van der Waals surface area contributed by atoms with Gasteiger partial charge >= 0.3 is 0 Å². The van der Waals surface area contributed by atoms with E-state index in [0.717, 1.165) is 30.8 Å². The summed E-state index contributed by atoms with van der Waals surface area (Å²) < 4.78 is 4.98. The minimum atomic E-state index is 0.473. The Labute approximate surface area is 237 Å². The number of hydrogen-bond acceptors (Lipinski definition) is 10. The lowest BCUT2D eigenvalue weighted by Gasteiger charge is -2.07. The highest BCUT2D eigenvalue weighted by Gasteiger charge is 2.15. The highest BCUT2D eigenvalue weighted by atomic mass is 79.9. The Kier molecular flexibility index (Phi) is 7.79. The Hall–Kier alpha value is -2.94. The summed E-state index contributed by atoms with van der Waals surface area (Å²) in [5.74, 6) is 16.0. The van der Waals surface area contributed by atoms with E-state index in [9.17, 15) is 0 Å². The van der Waals surface area contributed by atoms with Gasteiger partial charge in [-0.1, -0.05) is 79.6 Å². The molecule has 10 nitrogen and oxygen atoms in total. The second-order valence-corrected chi connectivity index (χ2v) is 11.6. The molecular weight excluding hydrogens is 640 g/mol. The first-order valence-corrected chi connectivity index (χ1v) is 14.4. The van der Waals surface area contributed by atoms with E-state index in [1.807, 2.05) is 61.5 Å². The van der Waals surface area contributed by atoms with Gasteiger partial charge < -0.3 is 11.7 Å². The van der Waals surface area contributed by atoms with Crippen LogP contribution >= 0.6 is 55.4 Å². The standard InChI is InChI=1S/C23H20Br2N10S2/c1-13-10-20(36-11-18-30-32-21(34(18)26)14-2-6-16(24)7-3-14)29-23(28-13)37-12-19-31-33-22(35(19)27)15-4-8-17(25)9-5-15/h2-10H,11-12,26-27H2,1H3. The number of thioether (sulfide) groups is 2. The van der Waals surface area contributed by atoms with Crippen LogP contribution in [0.3, 0.4) is 0 Å². The zero-order valence-electron chi connectivity index (χ0n) is 19.4. The van der Waals surface area contributed by atoms with Crippen molar-refractivity contribution in [2.24, 2.45) is 0 Å². The summed E-state index contributed by atoms with van der Waals surface area (Å²) in [6.07, 6.45) is 0. The van der Waals surface area contributed by atoms with Crippen molar-refractivity contribution in [3.63, 3.8) is 0 Å². The summed E-state index contributed by atoms with van der Waals surface area (Å²) in [5, 5.41) is 18.5. The van der Waals surface area contributed by atoms with Gasteiger partial charge in [0.25, 0.3) is 0 Å². The van der Waals surface area contributed by atoms with Crippen LogP contribution in [-0.2, 0) is 11.5 Å². The fourth-order valence-electron chi connectivity index (χ4n) is 3.36. The normalized spacial score (nSPS) is 11.2. The van der Waals surface area contributed by atoms with Crippen molar-refractivity contribution in [1.82, 2.24) is 39.7 Å². The van der Waals surface area contributed by atoms with E-state index < -0.39 is 0 Å². The molecule has 3 heterocycles. The van der Waals surface area contributed by atoms with Gasteiger partial charge in [0.1, 0.15) is 5.03 Å². The molecule has 4 N–H and O–H groups in total. The number of nitrogen functional groups attached to an aromatic ring is 2. The Morgan fingerprint density at radius 1 is 0.703 bits per heavy atom. The third kappa shape index (κ3) is 5.98. The first-order chi connectivity index (χ1) is 17.9. The minimum absolute atomic E-state index is 0.473. The van der Waals surface area contributed by atoms with E-state index in [1.165, 1.54) is 32.9 Å². The molecule has 0 radical (unpaired) electrons. The Bertz CT molecular complexity index is 1420. The molecule has 37 heavy (non-hydrogen) atoms. The maximum Gasteiger partial charge on any atom is 0.189 e. The molecule has 0 saturated carbocycles. The molecule has 0 unspecified atom stereocenters. The maximum absolute atomic E-state index is 6.28. The van der Waals surface area contributed by atoms with Crippen molar-refractivity contribution in [3.8, 4) is 22.8 Å². The van der Waals surface area contributed by atoms with Gasteiger partial charge in [-0.05, 0) is 37.3 Å². The Morgan fingerprint density at radius 2 is 1.19 bits per heavy atom. The lowest BCUT2D eigenvalue weighted by Crippen LogP contribution is -2.14. The summed E-state index contributed by atoms with van der Waals surface area (Å²) in [6.45, 7) is 1.93. The number of nitrogens with two attached hydrogens (primary N) is 2. The minimum Gasteiger partial charge on any atom is -0.336 e. The monoisotopic (exact) mass is 658 g/mol. The summed E-state index contributed by atoms with van der Waals surface area (Å²) in [4.78, 5) is 9.23. The molecule has 5 aromatic rings. The highest BCUT2D eigenvalue weighted by molar-refractivity contribution is 9.10.